The van der Waals surface area contributed by atoms with Crippen molar-refractivity contribution in [3.05, 3.63) is 30.0 Å². The maximum atomic E-state index is 10.2. The molecule has 0 aliphatic heterocycles. The van der Waals surface area contributed by atoms with Crippen LogP contribution in [0.2, 0.25) is 0 Å². The van der Waals surface area contributed by atoms with Crippen LogP contribution in [0.1, 0.15) is 45.3 Å². The highest BCUT2D eigenvalue weighted by atomic mass is 16.5. The number of ether oxygens (including phenoxy) is 1. The molecule has 0 atom stereocenters. The molecule has 0 fully saturated rings. The quantitative estimate of drug-likeness (QED) is 0.805. The van der Waals surface area contributed by atoms with Crippen LogP contribution < -0.4 is 4.74 Å². The third-order valence-electron chi connectivity index (χ3n) is 3.50. The molecule has 0 saturated carbocycles. The van der Waals surface area contributed by atoms with Crippen LogP contribution in [0.5, 0.6) is 11.5 Å². The Labute approximate surface area is 126 Å². The molecule has 2 aromatic rings. The molecule has 1 aromatic heterocycles. The van der Waals surface area contributed by atoms with Crippen molar-refractivity contribution in [2.75, 3.05) is 6.61 Å². The van der Waals surface area contributed by atoms with Crippen LogP contribution in [-0.4, -0.2) is 21.5 Å². The van der Waals surface area contributed by atoms with Gasteiger partial charge in [-0.1, -0.05) is 13.3 Å². The summed E-state index contributed by atoms with van der Waals surface area (Å²) in [4.78, 5) is 0. The number of hydrogen-bond donors (Lipinski definition) is 1. The molecule has 1 N–H and O–H groups in total. The highest BCUT2D eigenvalue weighted by molar-refractivity contribution is 5.67. The highest BCUT2D eigenvalue weighted by Gasteiger charge is 2.16. The van der Waals surface area contributed by atoms with Gasteiger partial charge in [0.2, 0.25) is 0 Å². The molecule has 0 aliphatic carbocycles. The molecule has 1 aromatic carbocycles. The number of hydrogen-bond acceptors (Lipinski definition) is 3. The van der Waals surface area contributed by atoms with Crippen molar-refractivity contribution >= 4 is 0 Å². The lowest BCUT2D eigenvalue weighted by atomic mass is 10.1. The molecule has 114 valence electrons. The number of benzene rings is 1. The Balaban J connectivity index is 2.21. The molecule has 0 amide bonds. The SMILES string of the molecule is CCCCOc1ccc(-c2nn(C(C)C)c(C)c2O)cc1. The minimum Gasteiger partial charge on any atom is -0.504 e. The molecule has 0 spiro atoms. The summed E-state index contributed by atoms with van der Waals surface area (Å²) in [6.07, 6.45) is 2.18. The van der Waals surface area contributed by atoms with Crippen molar-refractivity contribution in [2.45, 2.75) is 46.6 Å². The van der Waals surface area contributed by atoms with Crippen LogP contribution in [0.15, 0.2) is 24.3 Å². The van der Waals surface area contributed by atoms with Crippen LogP contribution in [0.25, 0.3) is 11.3 Å². The van der Waals surface area contributed by atoms with E-state index >= 15 is 0 Å². The van der Waals surface area contributed by atoms with Crippen LogP contribution in [0.4, 0.5) is 0 Å². The average molecular weight is 288 g/mol. The van der Waals surface area contributed by atoms with E-state index in [0.29, 0.717) is 5.69 Å². The number of nitrogens with zero attached hydrogens (tertiary/aromatic N) is 2. The lowest BCUT2D eigenvalue weighted by Crippen LogP contribution is -2.04. The summed E-state index contributed by atoms with van der Waals surface area (Å²) < 4.78 is 7.49. The van der Waals surface area contributed by atoms with E-state index in [4.69, 9.17) is 4.74 Å². The fourth-order valence-corrected chi connectivity index (χ4v) is 2.25. The Morgan fingerprint density at radius 2 is 1.90 bits per heavy atom. The molecule has 0 aliphatic rings. The molecule has 0 bridgehead atoms. The van der Waals surface area contributed by atoms with E-state index < -0.39 is 0 Å². The van der Waals surface area contributed by atoms with Gasteiger partial charge < -0.3 is 9.84 Å². The van der Waals surface area contributed by atoms with Crippen molar-refractivity contribution in [3.8, 4) is 22.8 Å². The smallest absolute Gasteiger partial charge is 0.164 e. The molecular weight excluding hydrogens is 264 g/mol. The van der Waals surface area contributed by atoms with E-state index in [9.17, 15) is 5.11 Å². The normalized spacial score (nSPS) is 11.1. The molecule has 1 heterocycles. The fraction of sp³-hybridized carbons (Fsp3) is 0.471. The van der Waals surface area contributed by atoms with E-state index in [1.165, 1.54) is 0 Å². The Morgan fingerprint density at radius 1 is 1.24 bits per heavy atom. The van der Waals surface area contributed by atoms with Gasteiger partial charge in [0.05, 0.1) is 12.3 Å². The van der Waals surface area contributed by atoms with Gasteiger partial charge in [0.15, 0.2) is 5.75 Å². The second-order valence-electron chi connectivity index (χ2n) is 5.55. The lowest BCUT2D eigenvalue weighted by molar-refractivity contribution is 0.309. The van der Waals surface area contributed by atoms with Crippen LogP contribution >= 0.6 is 0 Å². The summed E-state index contributed by atoms with van der Waals surface area (Å²) >= 11 is 0. The number of rotatable bonds is 6. The molecule has 2 rings (SSSR count). The fourth-order valence-electron chi connectivity index (χ4n) is 2.25. The first-order chi connectivity index (χ1) is 10.0. The van der Waals surface area contributed by atoms with Gasteiger partial charge in [-0.3, -0.25) is 4.68 Å². The van der Waals surface area contributed by atoms with Crippen molar-refractivity contribution < 1.29 is 9.84 Å². The zero-order valence-corrected chi connectivity index (χ0v) is 13.3. The van der Waals surface area contributed by atoms with E-state index in [0.717, 1.165) is 36.5 Å². The first-order valence-corrected chi connectivity index (χ1v) is 7.55. The summed E-state index contributed by atoms with van der Waals surface area (Å²) in [6.45, 7) is 8.86. The van der Waals surface area contributed by atoms with Crippen molar-refractivity contribution in [1.82, 2.24) is 9.78 Å². The zero-order chi connectivity index (χ0) is 15.4. The molecule has 21 heavy (non-hydrogen) atoms. The largest absolute Gasteiger partial charge is 0.504 e. The van der Waals surface area contributed by atoms with E-state index in [1.54, 1.807) is 0 Å². The topological polar surface area (TPSA) is 47.3 Å². The second-order valence-corrected chi connectivity index (χ2v) is 5.55. The van der Waals surface area contributed by atoms with Gasteiger partial charge in [0.1, 0.15) is 11.4 Å². The lowest BCUT2D eigenvalue weighted by Gasteiger charge is -2.07. The first-order valence-electron chi connectivity index (χ1n) is 7.55. The monoisotopic (exact) mass is 288 g/mol. The average Bonchev–Trinajstić information content (AvgIpc) is 2.77. The molecule has 4 heteroatoms. The summed E-state index contributed by atoms with van der Waals surface area (Å²) in [5, 5.41) is 14.8. The molecular formula is C17H24N2O2. The van der Waals surface area contributed by atoms with E-state index in [2.05, 4.69) is 12.0 Å². The summed E-state index contributed by atoms with van der Waals surface area (Å²) in [6, 6.07) is 7.95. The third kappa shape index (κ3) is 3.38. The Morgan fingerprint density at radius 3 is 2.43 bits per heavy atom. The Hall–Kier alpha value is -1.97. The molecule has 4 nitrogen and oxygen atoms in total. The number of unbranched alkanes of at least 4 members (excludes halogenated alkanes) is 1. The van der Waals surface area contributed by atoms with Gasteiger partial charge in [-0.05, 0) is 51.5 Å². The van der Waals surface area contributed by atoms with Crippen LogP contribution in [0.3, 0.4) is 0 Å². The molecule has 0 unspecified atom stereocenters. The standard InChI is InChI=1S/C17H24N2O2/c1-5-6-11-21-15-9-7-14(8-10-15)16-17(20)13(4)19(18-16)12(2)3/h7-10,12,20H,5-6,11H2,1-4H3. The molecule has 0 saturated heterocycles. The second kappa shape index (κ2) is 6.66. The zero-order valence-electron chi connectivity index (χ0n) is 13.3. The minimum absolute atomic E-state index is 0.223. The molecule has 0 radical (unpaired) electrons. The van der Waals surface area contributed by atoms with Gasteiger partial charge >= 0.3 is 0 Å². The van der Waals surface area contributed by atoms with E-state index in [-0.39, 0.29) is 11.8 Å². The van der Waals surface area contributed by atoms with Crippen molar-refractivity contribution in [3.63, 3.8) is 0 Å². The maximum Gasteiger partial charge on any atom is 0.164 e. The number of aromatic nitrogens is 2. The van der Waals surface area contributed by atoms with Gasteiger partial charge in [0, 0.05) is 11.6 Å². The summed E-state index contributed by atoms with van der Waals surface area (Å²) in [5.74, 6) is 1.11. The van der Waals surface area contributed by atoms with Crippen LogP contribution in [0, 0.1) is 6.92 Å². The van der Waals surface area contributed by atoms with Gasteiger partial charge in [-0.2, -0.15) is 5.10 Å². The van der Waals surface area contributed by atoms with Gasteiger partial charge in [-0.15, -0.1) is 0 Å². The predicted molar refractivity (Wildman–Crippen MR) is 84.9 cm³/mol. The Kier molecular flexibility index (Phi) is 4.89. The highest BCUT2D eigenvalue weighted by Crippen LogP contribution is 2.33. The predicted octanol–water partition coefficient (Wildman–Crippen LogP) is 4.32. The van der Waals surface area contributed by atoms with Crippen molar-refractivity contribution in [1.29, 1.82) is 0 Å². The van der Waals surface area contributed by atoms with Crippen molar-refractivity contribution in [2.24, 2.45) is 0 Å². The van der Waals surface area contributed by atoms with Crippen LogP contribution in [-0.2, 0) is 0 Å². The van der Waals surface area contributed by atoms with E-state index in [1.807, 2.05) is 49.7 Å². The summed E-state index contributed by atoms with van der Waals surface area (Å²) in [7, 11) is 0. The van der Waals surface area contributed by atoms with Gasteiger partial charge in [-0.25, -0.2) is 0 Å². The number of aromatic hydroxyl groups is 1. The summed E-state index contributed by atoms with van der Waals surface area (Å²) in [5.41, 5.74) is 2.32. The third-order valence-corrected chi connectivity index (χ3v) is 3.50. The minimum atomic E-state index is 0.223. The first kappa shape index (κ1) is 15.4. The van der Waals surface area contributed by atoms with Gasteiger partial charge in [0.25, 0.3) is 0 Å². The maximum absolute atomic E-state index is 10.2. The Bertz CT molecular complexity index is 586.